The van der Waals surface area contributed by atoms with Crippen molar-refractivity contribution in [2.24, 2.45) is 5.92 Å². The van der Waals surface area contributed by atoms with Crippen LogP contribution in [0, 0.1) is 5.92 Å². The number of nitrogens with zero attached hydrogens (tertiary/aromatic N) is 1. The Bertz CT molecular complexity index is 159. The van der Waals surface area contributed by atoms with Crippen molar-refractivity contribution in [3.8, 4) is 0 Å². The van der Waals surface area contributed by atoms with Crippen LogP contribution >= 0.6 is 0 Å². The van der Waals surface area contributed by atoms with E-state index in [-0.39, 0.29) is 11.6 Å². The van der Waals surface area contributed by atoms with Crippen molar-refractivity contribution < 1.29 is 5.11 Å². The fourth-order valence-electron chi connectivity index (χ4n) is 2.11. The molecule has 1 atom stereocenters. The Morgan fingerprint density at radius 1 is 1.23 bits per heavy atom. The highest BCUT2D eigenvalue weighted by molar-refractivity contribution is 4.91. The molecule has 0 aromatic heterocycles. The average molecular weight is 185 g/mol. The van der Waals surface area contributed by atoms with Gasteiger partial charge in [-0.05, 0) is 46.7 Å². The lowest BCUT2D eigenvalue weighted by Gasteiger charge is -2.40. The summed E-state index contributed by atoms with van der Waals surface area (Å²) in [6, 6.07) is 0. The van der Waals surface area contributed by atoms with E-state index in [2.05, 4.69) is 18.7 Å². The molecule has 0 amide bonds. The van der Waals surface area contributed by atoms with E-state index in [9.17, 15) is 5.11 Å². The maximum atomic E-state index is 10.2. The zero-order chi connectivity index (χ0) is 10.1. The molecule has 1 N–H and O–H groups in total. The minimum atomic E-state index is -0.176. The molecule has 0 saturated heterocycles. The highest BCUT2D eigenvalue weighted by Gasteiger charge is 2.36. The monoisotopic (exact) mass is 185 g/mol. The summed E-state index contributed by atoms with van der Waals surface area (Å²) in [7, 11) is 4.08. The van der Waals surface area contributed by atoms with E-state index in [0.29, 0.717) is 5.92 Å². The van der Waals surface area contributed by atoms with Crippen molar-refractivity contribution in [1.29, 1.82) is 0 Å². The predicted molar refractivity (Wildman–Crippen MR) is 55.7 cm³/mol. The van der Waals surface area contributed by atoms with Crippen molar-refractivity contribution in [2.75, 3.05) is 14.1 Å². The first-order valence-electron chi connectivity index (χ1n) is 5.31. The lowest BCUT2D eigenvalue weighted by atomic mass is 9.85. The third kappa shape index (κ3) is 2.23. The maximum Gasteiger partial charge on any atom is 0.0746 e. The molecule has 1 aliphatic carbocycles. The normalized spacial score (nSPS) is 22.6. The summed E-state index contributed by atoms with van der Waals surface area (Å²) >= 11 is 0. The molecule has 78 valence electrons. The lowest BCUT2D eigenvalue weighted by Crippen LogP contribution is -2.51. The van der Waals surface area contributed by atoms with E-state index in [4.69, 9.17) is 0 Å². The van der Waals surface area contributed by atoms with Crippen LogP contribution < -0.4 is 0 Å². The van der Waals surface area contributed by atoms with Gasteiger partial charge < -0.3 is 10.0 Å². The average Bonchev–Trinajstić information content (AvgIpc) is 2.54. The molecule has 0 aliphatic heterocycles. The number of hydrogen-bond donors (Lipinski definition) is 1. The molecule has 0 aromatic rings. The summed E-state index contributed by atoms with van der Waals surface area (Å²) in [4.78, 5) is 2.12. The van der Waals surface area contributed by atoms with Gasteiger partial charge in [-0.2, -0.15) is 0 Å². The molecule has 0 spiro atoms. The van der Waals surface area contributed by atoms with E-state index in [1.807, 2.05) is 14.1 Å². The fourth-order valence-corrected chi connectivity index (χ4v) is 2.11. The first-order valence-corrected chi connectivity index (χ1v) is 5.31. The van der Waals surface area contributed by atoms with Gasteiger partial charge in [0.05, 0.1) is 6.10 Å². The molecule has 0 bridgehead atoms. The van der Waals surface area contributed by atoms with E-state index in [1.165, 1.54) is 25.7 Å². The van der Waals surface area contributed by atoms with E-state index in [1.54, 1.807) is 0 Å². The predicted octanol–water partition coefficient (Wildman–Crippen LogP) is 1.88. The van der Waals surface area contributed by atoms with E-state index < -0.39 is 0 Å². The quantitative estimate of drug-likeness (QED) is 0.725. The van der Waals surface area contributed by atoms with Gasteiger partial charge in [0.25, 0.3) is 0 Å². The Labute approximate surface area is 81.9 Å². The number of hydrogen-bond acceptors (Lipinski definition) is 2. The maximum absolute atomic E-state index is 10.2. The number of aliphatic hydroxyl groups excluding tert-OH is 1. The Morgan fingerprint density at radius 2 is 1.69 bits per heavy atom. The molecule has 0 heterocycles. The summed E-state index contributed by atoms with van der Waals surface area (Å²) in [5.41, 5.74) is -0.0883. The van der Waals surface area contributed by atoms with Crippen LogP contribution in [-0.2, 0) is 0 Å². The first kappa shape index (κ1) is 11.0. The molecule has 13 heavy (non-hydrogen) atoms. The van der Waals surface area contributed by atoms with Crippen molar-refractivity contribution in [2.45, 2.75) is 51.2 Å². The topological polar surface area (TPSA) is 23.5 Å². The lowest BCUT2D eigenvalue weighted by molar-refractivity contribution is -0.0193. The van der Waals surface area contributed by atoms with Gasteiger partial charge >= 0.3 is 0 Å². The van der Waals surface area contributed by atoms with Gasteiger partial charge in [-0.15, -0.1) is 0 Å². The van der Waals surface area contributed by atoms with Crippen molar-refractivity contribution >= 4 is 0 Å². The SMILES string of the molecule is CN(C)C(C)(C)C(O)C1CCCC1. The standard InChI is InChI=1S/C11H23NO/c1-11(2,12(3)4)10(13)9-7-5-6-8-9/h9-10,13H,5-8H2,1-4H3. The third-order valence-electron chi connectivity index (χ3n) is 3.72. The van der Waals surface area contributed by atoms with Crippen LogP contribution in [0.15, 0.2) is 0 Å². The minimum Gasteiger partial charge on any atom is -0.391 e. The van der Waals surface area contributed by atoms with Gasteiger partial charge in [0.15, 0.2) is 0 Å². The van der Waals surface area contributed by atoms with E-state index in [0.717, 1.165) is 0 Å². The van der Waals surface area contributed by atoms with Gasteiger partial charge in [-0.1, -0.05) is 12.8 Å². The second-order valence-corrected chi connectivity index (χ2v) is 5.04. The molecule has 1 aliphatic rings. The van der Waals surface area contributed by atoms with Crippen LogP contribution in [-0.4, -0.2) is 35.7 Å². The van der Waals surface area contributed by atoms with Crippen LogP contribution in [0.4, 0.5) is 0 Å². The van der Waals surface area contributed by atoms with Gasteiger partial charge in [0.1, 0.15) is 0 Å². The smallest absolute Gasteiger partial charge is 0.0746 e. The van der Waals surface area contributed by atoms with Crippen LogP contribution in [0.5, 0.6) is 0 Å². The zero-order valence-electron chi connectivity index (χ0n) is 9.38. The Balaban J connectivity index is 2.58. The van der Waals surface area contributed by atoms with Gasteiger partial charge in [0, 0.05) is 5.54 Å². The summed E-state index contributed by atoms with van der Waals surface area (Å²) in [5.74, 6) is 0.525. The van der Waals surface area contributed by atoms with Crippen molar-refractivity contribution in [3.05, 3.63) is 0 Å². The third-order valence-corrected chi connectivity index (χ3v) is 3.72. The Kier molecular flexibility index (Phi) is 3.36. The Morgan fingerprint density at radius 3 is 2.08 bits per heavy atom. The molecule has 0 radical (unpaired) electrons. The number of aliphatic hydroxyl groups is 1. The number of likely N-dealkylation sites (N-methyl/N-ethyl adjacent to an activating group) is 1. The molecular formula is C11H23NO. The van der Waals surface area contributed by atoms with Crippen LogP contribution in [0.2, 0.25) is 0 Å². The Hall–Kier alpha value is -0.0800. The minimum absolute atomic E-state index is 0.0883. The molecule has 2 heteroatoms. The molecule has 1 unspecified atom stereocenters. The summed E-state index contributed by atoms with van der Waals surface area (Å²) in [5, 5.41) is 10.2. The summed E-state index contributed by atoms with van der Waals surface area (Å²) in [6.07, 6.45) is 4.83. The van der Waals surface area contributed by atoms with Crippen LogP contribution in [0.3, 0.4) is 0 Å². The van der Waals surface area contributed by atoms with Crippen molar-refractivity contribution in [3.63, 3.8) is 0 Å². The summed E-state index contributed by atoms with van der Waals surface area (Å²) < 4.78 is 0. The first-order chi connectivity index (χ1) is 5.96. The highest BCUT2D eigenvalue weighted by Crippen LogP contribution is 2.33. The van der Waals surface area contributed by atoms with Gasteiger partial charge in [0.2, 0.25) is 0 Å². The fraction of sp³-hybridized carbons (Fsp3) is 1.00. The molecule has 1 rings (SSSR count). The second kappa shape index (κ2) is 3.97. The molecular weight excluding hydrogens is 162 g/mol. The zero-order valence-corrected chi connectivity index (χ0v) is 9.38. The van der Waals surface area contributed by atoms with Gasteiger partial charge in [-0.25, -0.2) is 0 Å². The number of rotatable bonds is 3. The summed E-state index contributed by atoms with van der Waals surface area (Å²) in [6.45, 7) is 4.24. The van der Waals surface area contributed by atoms with Crippen LogP contribution in [0.25, 0.3) is 0 Å². The van der Waals surface area contributed by atoms with Crippen LogP contribution in [0.1, 0.15) is 39.5 Å². The second-order valence-electron chi connectivity index (χ2n) is 5.04. The molecule has 1 saturated carbocycles. The highest BCUT2D eigenvalue weighted by atomic mass is 16.3. The van der Waals surface area contributed by atoms with Gasteiger partial charge in [-0.3, -0.25) is 0 Å². The van der Waals surface area contributed by atoms with Crippen molar-refractivity contribution in [1.82, 2.24) is 4.90 Å². The molecule has 1 fully saturated rings. The van der Waals surface area contributed by atoms with E-state index >= 15 is 0 Å². The molecule has 0 aromatic carbocycles. The largest absolute Gasteiger partial charge is 0.391 e. The molecule has 2 nitrogen and oxygen atoms in total.